The van der Waals surface area contributed by atoms with Crippen LogP contribution in [0.2, 0.25) is 0 Å². The molecular weight excluding hydrogens is 338 g/mol. The fourth-order valence-electron chi connectivity index (χ4n) is 1.14. The van der Waals surface area contributed by atoms with Gasteiger partial charge in [-0.1, -0.05) is 13.3 Å². The molecule has 2 N–H and O–H groups in total. The van der Waals surface area contributed by atoms with E-state index in [9.17, 15) is 4.39 Å². The summed E-state index contributed by atoms with van der Waals surface area (Å²) in [6.45, 7) is 2.99. The molecule has 0 aliphatic rings. The van der Waals surface area contributed by atoms with Gasteiger partial charge in [0, 0.05) is 10.1 Å². The predicted octanol–water partition coefficient (Wildman–Crippen LogP) is 3.52. The summed E-state index contributed by atoms with van der Waals surface area (Å²) in [5.74, 6) is -0.236. The van der Waals surface area contributed by atoms with Crippen molar-refractivity contribution in [3.05, 3.63) is 27.6 Å². The van der Waals surface area contributed by atoms with E-state index in [2.05, 4.69) is 40.1 Å². The topological polar surface area (TPSA) is 24.1 Å². The Labute approximate surface area is 114 Å². The highest BCUT2D eigenvalue weighted by Crippen LogP contribution is 2.18. The summed E-state index contributed by atoms with van der Waals surface area (Å²) in [5, 5.41) is 6.72. The third-order valence-corrected chi connectivity index (χ3v) is 3.13. The van der Waals surface area contributed by atoms with Crippen molar-refractivity contribution in [1.29, 1.82) is 0 Å². The first-order chi connectivity index (χ1) is 7.63. The van der Waals surface area contributed by atoms with Crippen molar-refractivity contribution in [3.8, 4) is 0 Å². The maximum atomic E-state index is 12.9. The molecule has 0 atom stereocenters. The molecule has 16 heavy (non-hydrogen) atoms. The van der Waals surface area contributed by atoms with Gasteiger partial charge in [0.2, 0.25) is 0 Å². The van der Waals surface area contributed by atoms with Gasteiger partial charge in [-0.3, -0.25) is 0 Å². The highest BCUT2D eigenvalue weighted by molar-refractivity contribution is 14.1. The van der Waals surface area contributed by atoms with Gasteiger partial charge < -0.3 is 10.6 Å². The molecule has 0 saturated carbocycles. The van der Waals surface area contributed by atoms with Gasteiger partial charge in [-0.2, -0.15) is 0 Å². The molecule has 1 rings (SSSR count). The van der Waals surface area contributed by atoms with Crippen molar-refractivity contribution in [2.24, 2.45) is 0 Å². The number of anilines is 1. The number of unbranched alkanes of at least 4 members (excludes halogenated alkanes) is 1. The summed E-state index contributed by atoms with van der Waals surface area (Å²) in [7, 11) is 0. The van der Waals surface area contributed by atoms with Crippen LogP contribution in [-0.2, 0) is 0 Å². The van der Waals surface area contributed by atoms with Crippen LogP contribution in [0.4, 0.5) is 10.1 Å². The van der Waals surface area contributed by atoms with Gasteiger partial charge in [0.25, 0.3) is 0 Å². The fourth-order valence-corrected chi connectivity index (χ4v) is 1.96. The van der Waals surface area contributed by atoms with E-state index in [-0.39, 0.29) is 5.82 Å². The molecule has 0 heterocycles. The van der Waals surface area contributed by atoms with Gasteiger partial charge in [-0.05, 0) is 59.4 Å². The zero-order chi connectivity index (χ0) is 12.0. The lowest BCUT2D eigenvalue weighted by molar-refractivity contribution is 0.627. The SMILES string of the molecule is CCCCNC(=S)Nc1ccc(F)cc1I. The van der Waals surface area contributed by atoms with Crippen LogP contribution in [-0.4, -0.2) is 11.7 Å². The monoisotopic (exact) mass is 352 g/mol. The number of benzene rings is 1. The van der Waals surface area contributed by atoms with Gasteiger partial charge in [0.15, 0.2) is 5.11 Å². The molecule has 0 spiro atoms. The minimum Gasteiger partial charge on any atom is -0.362 e. The first-order valence-corrected chi connectivity index (χ1v) is 6.62. The van der Waals surface area contributed by atoms with Crippen molar-refractivity contribution < 1.29 is 4.39 Å². The number of rotatable bonds is 4. The Balaban J connectivity index is 2.49. The molecule has 0 amide bonds. The van der Waals surface area contributed by atoms with Crippen molar-refractivity contribution in [1.82, 2.24) is 5.32 Å². The summed E-state index contributed by atoms with van der Waals surface area (Å²) in [6.07, 6.45) is 2.21. The van der Waals surface area contributed by atoms with Gasteiger partial charge in [0.05, 0.1) is 5.69 Å². The number of hydrogen-bond donors (Lipinski definition) is 2. The Kier molecular flexibility index (Phi) is 5.97. The molecule has 0 aromatic heterocycles. The van der Waals surface area contributed by atoms with E-state index < -0.39 is 0 Å². The van der Waals surface area contributed by atoms with Gasteiger partial charge >= 0.3 is 0 Å². The third-order valence-electron chi connectivity index (χ3n) is 2.00. The maximum Gasteiger partial charge on any atom is 0.170 e. The van der Waals surface area contributed by atoms with Crippen LogP contribution in [0.15, 0.2) is 18.2 Å². The van der Waals surface area contributed by atoms with Crippen LogP contribution in [0.1, 0.15) is 19.8 Å². The smallest absolute Gasteiger partial charge is 0.170 e. The average Bonchev–Trinajstić information content (AvgIpc) is 2.23. The van der Waals surface area contributed by atoms with Crippen LogP contribution in [0.25, 0.3) is 0 Å². The van der Waals surface area contributed by atoms with Crippen molar-refractivity contribution >= 4 is 45.6 Å². The highest BCUT2D eigenvalue weighted by Gasteiger charge is 2.02. The van der Waals surface area contributed by atoms with E-state index in [0.717, 1.165) is 28.6 Å². The van der Waals surface area contributed by atoms with E-state index in [0.29, 0.717) is 5.11 Å². The Hall–Kier alpha value is -0.430. The molecule has 0 radical (unpaired) electrons. The second kappa shape index (κ2) is 7.01. The minimum atomic E-state index is -0.236. The molecule has 0 unspecified atom stereocenters. The Bertz CT molecular complexity index is 371. The van der Waals surface area contributed by atoms with E-state index in [1.165, 1.54) is 12.1 Å². The molecule has 0 fully saturated rings. The highest BCUT2D eigenvalue weighted by atomic mass is 127. The maximum absolute atomic E-state index is 12.9. The lowest BCUT2D eigenvalue weighted by atomic mass is 10.3. The lowest BCUT2D eigenvalue weighted by Crippen LogP contribution is -2.29. The quantitative estimate of drug-likeness (QED) is 0.493. The van der Waals surface area contributed by atoms with E-state index in [1.54, 1.807) is 6.07 Å². The lowest BCUT2D eigenvalue weighted by Gasteiger charge is -2.11. The molecular formula is C11H14FIN2S. The van der Waals surface area contributed by atoms with Crippen molar-refractivity contribution in [2.75, 3.05) is 11.9 Å². The molecule has 2 nitrogen and oxygen atoms in total. The Morgan fingerprint density at radius 1 is 1.50 bits per heavy atom. The zero-order valence-corrected chi connectivity index (χ0v) is 12.0. The molecule has 5 heteroatoms. The number of thiocarbonyl (C=S) groups is 1. The predicted molar refractivity (Wildman–Crippen MR) is 78.2 cm³/mol. The number of halogens is 2. The molecule has 1 aromatic carbocycles. The van der Waals surface area contributed by atoms with Gasteiger partial charge in [0.1, 0.15) is 5.82 Å². The molecule has 0 saturated heterocycles. The van der Waals surface area contributed by atoms with Gasteiger partial charge in [-0.15, -0.1) is 0 Å². The third kappa shape index (κ3) is 4.61. The average molecular weight is 352 g/mol. The second-order valence-corrected chi connectivity index (χ2v) is 4.93. The first-order valence-electron chi connectivity index (χ1n) is 5.13. The Morgan fingerprint density at radius 3 is 2.88 bits per heavy atom. The van der Waals surface area contributed by atoms with Crippen LogP contribution < -0.4 is 10.6 Å². The summed E-state index contributed by atoms with van der Waals surface area (Å²) in [4.78, 5) is 0. The standard InChI is InChI=1S/C11H14FIN2S/c1-2-3-6-14-11(16)15-10-5-4-8(12)7-9(10)13/h4-5,7H,2-3,6H2,1H3,(H2,14,15,16). The molecule has 88 valence electrons. The van der Waals surface area contributed by atoms with Crippen molar-refractivity contribution in [3.63, 3.8) is 0 Å². The molecule has 0 aliphatic carbocycles. The normalized spacial score (nSPS) is 9.94. The fraction of sp³-hybridized carbons (Fsp3) is 0.364. The number of hydrogen-bond acceptors (Lipinski definition) is 1. The number of nitrogens with one attached hydrogen (secondary N) is 2. The van der Waals surface area contributed by atoms with Crippen LogP contribution in [0.5, 0.6) is 0 Å². The molecule has 1 aromatic rings. The van der Waals surface area contributed by atoms with E-state index in [1.807, 2.05) is 0 Å². The summed E-state index contributed by atoms with van der Waals surface area (Å²) >= 11 is 7.20. The summed E-state index contributed by atoms with van der Waals surface area (Å²) in [6, 6.07) is 4.57. The van der Waals surface area contributed by atoms with Crippen LogP contribution in [0.3, 0.4) is 0 Å². The molecule has 0 bridgehead atoms. The minimum absolute atomic E-state index is 0.236. The van der Waals surface area contributed by atoms with Crippen LogP contribution in [0, 0.1) is 9.39 Å². The zero-order valence-electron chi connectivity index (χ0n) is 9.02. The van der Waals surface area contributed by atoms with E-state index >= 15 is 0 Å². The van der Waals surface area contributed by atoms with E-state index in [4.69, 9.17) is 12.2 Å². The second-order valence-electron chi connectivity index (χ2n) is 3.36. The summed E-state index contributed by atoms with van der Waals surface area (Å²) in [5.41, 5.74) is 0.830. The first kappa shape index (κ1) is 13.6. The van der Waals surface area contributed by atoms with Crippen LogP contribution >= 0.6 is 34.8 Å². The molecule has 0 aliphatic heterocycles. The van der Waals surface area contributed by atoms with Gasteiger partial charge in [-0.25, -0.2) is 4.39 Å². The Morgan fingerprint density at radius 2 is 2.25 bits per heavy atom. The van der Waals surface area contributed by atoms with Crippen molar-refractivity contribution in [2.45, 2.75) is 19.8 Å². The largest absolute Gasteiger partial charge is 0.362 e. The summed E-state index contributed by atoms with van der Waals surface area (Å²) < 4.78 is 13.7.